The standard InChI is InChI=1S/C8H14N4/c1-6-4-8(12-11-6)10-7-2-3-9-5-7/h4,7,9H,2-3,5H2,1H3,(H2,10,11,12). The van der Waals surface area contributed by atoms with Gasteiger partial charge in [-0.3, -0.25) is 5.10 Å². The van der Waals surface area contributed by atoms with E-state index in [1.807, 2.05) is 13.0 Å². The van der Waals surface area contributed by atoms with Crippen molar-refractivity contribution >= 4 is 5.82 Å². The summed E-state index contributed by atoms with van der Waals surface area (Å²) in [6.07, 6.45) is 1.19. The highest BCUT2D eigenvalue weighted by Crippen LogP contribution is 2.08. The van der Waals surface area contributed by atoms with Crippen LogP contribution in [0.3, 0.4) is 0 Å². The Kier molecular flexibility index (Phi) is 1.99. The molecule has 1 atom stereocenters. The number of hydrogen-bond donors (Lipinski definition) is 3. The average molecular weight is 166 g/mol. The van der Waals surface area contributed by atoms with Crippen LogP contribution in [0.25, 0.3) is 0 Å². The molecule has 0 radical (unpaired) electrons. The fourth-order valence-electron chi connectivity index (χ4n) is 1.48. The van der Waals surface area contributed by atoms with Crippen LogP contribution in [-0.4, -0.2) is 29.3 Å². The fourth-order valence-corrected chi connectivity index (χ4v) is 1.48. The van der Waals surface area contributed by atoms with Crippen LogP contribution in [0, 0.1) is 6.92 Å². The van der Waals surface area contributed by atoms with Crippen molar-refractivity contribution in [3.8, 4) is 0 Å². The summed E-state index contributed by atoms with van der Waals surface area (Å²) in [6, 6.07) is 2.57. The van der Waals surface area contributed by atoms with Gasteiger partial charge in [0.05, 0.1) is 0 Å². The molecule has 1 fully saturated rings. The van der Waals surface area contributed by atoms with E-state index in [1.165, 1.54) is 6.42 Å². The molecule has 2 heterocycles. The summed E-state index contributed by atoms with van der Waals surface area (Å²) in [4.78, 5) is 0. The molecular formula is C8H14N4. The van der Waals surface area contributed by atoms with E-state index in [1.54, 1.807) is 0 Å². The largest absolute Gasteiger partial charge is 0.365 e. The Balaban J connectivity index is 1.94. The Bertz CT molecular complexity index is 249. The van der Waals surface area contributed by atoms with Crippen molar-refractivity contribution in [2.45, 2.75) is 19.4 Å². The van der Waals surface area contributed by atoms with Crippen molar-refractivity contribution in [3.05, 3.63) is 11.8 Å². The van der Waals surface area contributed by atoms with E-state index in [2.05, 4.69) is 20.8 Å². The molecule has 4 nitrogen and oxygen atoms in total. The van der Waals surface area contributed by atoms with Crippen LogP contribution in [0.2, 0.25) is 0 Å². The molecule has 0 aliphatic carbocycles. The van der Waals surface area contributed by atoms with Crippen molar-refractivity contribution in [2.75, 3.05) is 18.4 Å². The van der Waals surface area contributed by atoms with Gasteiger partial charge < -0.3 is 10.6 Å². The predicted molar refractivity (Wildman–Crippen MR) is 48.2 cm³/mol. The zero-order valence-electron chi connectivity index (χ0n) is 7.22. The summed E-state index contributed by atoms with van der Waals surface area (Å²) in [5.74, 6) is 0.959. The summed E-state index contributed by atoms with van der Waals surface area (Å²) in [5, 5.41) is 13.7. The number of nitrogens with zero attached hydrogens (tertiary/aromatic N) is 1. The number of H-pyrrole nitrogens is 1. The molecule has 1 aromatic heterocycles. The van der Waals surface area contributed by atoms with Gasteiger partial charge in [0.25, 0.3) is 0 Å². The first-order valence-electron chi connectivity index (χ1n) is 4.34. The van der Waals surface area contributed by atoms with E-state index in [0.717, 1.165) is 24.6 Å². The Morgan fingerprint density at radius 1 is 1.67 bits per heavy atom. The molecule has 2 rings (SSSR count). The molecule has 1 aliphatic rings. The highest BCUT2D eigenvalue weighted by Gasteiger charge is 2.14. The number of aryl methyl sites for hydroxylation is 1. The average Bonchev–Trinajstić information content (AvgIpc) is 2.63. The lowest BCUT2D eigenvalue weighted by atomic mass is 10.2. The summed E-state index contributed by atoms with van der Waals surface area (Å²) in [6.45, 7) is 4.16. The molecule has 0 aromatic carbocycles. The van der Waals surface area contributed by atoms with Crippen molar-refractivity contribution in [2.24, 2.45) is 0 Å². The molecule has 12 heavy (non-hydrogen) atoms. The number of anilines is 1. The van der Waals surface area contributed by atoms with Crippen LogP contribution in [-0.2, 0) is 0 Å². The molecule has 1 aliphatic heterocycles. The van der Waals surface area contributed by atoms with Gasteiger partial charge in [-0.2, -0.15) is 5.10 Å². The van der Waals surface area contributed by atoms with Gasteiger partial charge in [0, 0.05) is 24.3 Å². The third-order valence-electron chi connectivity index (χ3n) is 2.12. The highest BCUT2D eigenvalue weighted by atomic mass is 15.2. The van der Waals surface area contributed by atoms with Crippen LogP contribution in [0.5, 0.6) is 0 Å². The molecule has 4 heteroatoms. The minimum atomic E-state index is 0.549. The maximum atomic E-state index is 4.12. The normalized spacial score (nSPS) is 22.9. The Labute approximate surface area is 71.7 Å². The van der Waals surface area contributed by atoms with Crippen molar-refractivity contribution in [3.63, 3.8) is 0 Å². The first kappa shape index (κ1) is 7.61. The van der Waals surface area contributed by atoms with Crippen LogP contribution in [0.15, 0.2) is 6.07 Å². The van der Waals surface area contributed by atoms with Crippen LogP contribution in [0.1, 0.15) is 12.1 Å². The van der Waals surface area contributed by atoms with Gasteiger partial charge >= 0.3 is 0 Å². The molecule has 0 amide bonds. The number of aromatic nitrogens is 2. The third kappa shape index (κ3) is 1.58. The number of rotatable bonds is 2. The van der Waals surface area contributed by atoms with E-state index in [-0.39, 0.29) is 0 Å². The maximum absolute atomic E-state index is 4.12. The van der Waals surface area contributed by atoms with Gasteiger partial charge in [-0.15, -0.1) is 0 Å². The smallest absolute Gasteiger partial charge is 0.148 e. The SMILES string of the molecule is Cc1cc(NC2CCNC2)n[nH]1. The summed E-state index contributed by atoms with van der Waals surface area (Å²) in [7, 11) is 0. The lowest BCUT2D eigenvalue weighted by Crippen LogP contribution is -2.22. The van der Waals surface area contributed by atoms with Crippen LogP contribution >= 0.6 is 0 Å². The predicted octanol–water partition coefficient (Wildman–Crippen LogP) is 0.492. The fraction of sp³-hybridized carbons (Fsp3) is 0.625. The van der Waals surface area contributed by atoms with E-state index in [0.29, 0.717) is 6.04 Å². The quantitative estimate of drug-likeness (QED) is 0.599. The van der Waals surface area contributed by atoms with Crippen LogP contribution < -0.4 is 10.6 Å². The summed E-state index contributed by atoms with van der Waals surface area (Å²) in [5.41, 5.74) is 1.10. The third-order valence-corrected chi connectivity index (χ3v) is 2.12. The van der Waals surface area contributed by atoms with Crippen LogP contribution in [0.4, 0.5) is 5.82 Å². The molecule has 1 saturated heterocycles. The molecule has 1 unspecified atom stereocenters. The highest BCUT2D eigenvalue weighted by molar-refractivity contribution is 5.36. The Morgan fingerprint density at radius 3 is 3.17 bits per heavy atom. The van der Waals surface area contributed by atoms with Crippen molar-refractivity contribution in [1.29, 1.82) is 0 Å². The number of nitrogens with one attached hydrogen (secondary N) is 3. The Morgan fingerprint density at radius 2 is 2.58 bits per heavy atom. The molecule has 0 spiro atoms. The molecular weight excluding hydrogens is 152 g/mol. The monoisotopic (exact) mass is 166 g/mol. The first-order valence-corrected chi connectivity index (χ1v) is 4.34. The minimum absolute atomic E-state index is 0.549. The second-order valence-corrected chi connectivity index (χ2v) is 3.27. The zero-order chi connectivity index (χ0) is 8.39. The second kappa shape index (κ2) is 3.15. The van der Waals surface area contributed by atoms with E-state index < -0.39 is 0 Å². The summed E-state index contributed by atoms with van der Waals surface area (Å²) >= 11 is 0. The van der Waals surface area contributed by atoms with Gasteiger partial charge in [0.1, 0.15) is 5.82 Å². The molecule has 1 aromatic rings. The maximum Gasteiger partial charge on any atom is 0.148 e. The second-order valence-electron chi connectivity index (χ2n) is 3.27. The lowest BCUT2D eigenvalue weighted by molar-refractivity contribution is 0.786. The van der Waals surface area contributed by atoms with Gasteiger partial charge in [-0.25, -0.2) is 0 Å². The molecule has 0 saturated carbocycles. The molecule has 3 N–H and O–H groups in total. The molecule has 66 valence electrons. The number of hydrogen-bond acceptors (Lipinski definition) is 3. The first-order chi connectivity index (χ1) is 5.84. The minimum Gasteiger partial charge on any atom is -0.365 e. The Hall–Kier alpha value is -1.03. The van der Waals surface area contributed by atoms with E-state index in [9.17, 15) is 0 Å². The molecule has 0 bridgehead atoms. The topological polar surface area (TPSA) is 52.7 Å². The van der Waals surface area contributed by atoms with Gasteiger partial charge in [0.15, 0.2) is 0 Å². The summed E-state index contributed by atoms with van der Waals surface area (Å²) < 4.78 is 0. The zero-order valence-corrected chi connectivity index (χ0v) is 7.22. The lowest BCUT2D eigenvalue weighted by Gasteiger charge is -2.08. The number of aromatic amines is 1. The van der Waals surface area contributed by atoms with E-state index >= 15 is 0 Å². The van der Waals surface area contributed by atoms with Gasteiger partial charge in [-0.05, 0) is 19.9 Å². The van der Waals surface area contributed by atoms with Crippen molar-refractivity contribution < 1.29 is 0 Å². The van der Waals surface area contributed by atoms with Gasteiger partial charge in [0.2, 0.25) is 0 Å². The van der Waals surface area contributed by atoms with Crippen molar-refractivity contribution in [1.82, 2.24) is 15.5 Å². The van der Waals surface area contributed by atoms with E-state index in [4.69, 9.17) is 0 Å². The van der Waals surface area contributed by atoms with Gasteiger partial charge in [-0.1, -0.05) is 0 Å².